The van der Waals surface area contributed by atoms with E-state index in [2.05, 4.69) is 47.0 Å². The van der Waals surface area contributed by atoms with Gasteiger partial charge in [0.25, 0.3) is 0 Å². The number of ether oxygens (including phenoxy) is 1. The molecule has 20 heavy (non-hydrogen) atoms. The number of hydrogen-bond donors (Lipinski definition) is 1. The topological polar surface area (TPSA) is 73.9 Å². The van der Waals surface area contributed by atoms with Crippen molar-refractivity contribution >= 4 is 17.7 Å². The molecule has 0 radical (unpaired) electrons. The van der Waals surface area contributed by atoms with Crippen LogP contribution in [0.25, 0.3) is 0 Å². The molecule has 2 N–H and O–H groups in total. The fraction of sp³-hybridized carbons (Fsp3) is 0.357. The zero-order valence-electron chi connectivity index (χ0n) is 11.9. The third-order valence-corrected chi connectivity index (χ3v) is 3.45. The van der Waals surface area contributed by atoms with E-state index in [1.54, 1.807) is 0 Å². The Hall–Kier alpha value is -1.82. The Morgan fingerprint density at radius 3 is 2.45 bits per heavy atom. The monoisotopic (exact) mass is 290 g/mol. The second-order valence-corrected chi connectivity index (χ2v) is 5.42. The maximum absolute atomic E-state index is 5.65. The van der Waals surface area contributed by atoms with E-state index in [4.69, 9.17) is 10.5 Å². The van der Waals surface area contributed by atoms with E-state index in [0.717, 1.165) is 5.75 Å². The van der Waals surface area contributed by atoms with Gasteiger partial charge in [0.1, 0.15) is 0 Å². The predicted octanol–water partition coefficient (Wildman–Crippen LogP) is 2.76. The molecule has 1 aromatic carbocycles. The SMILES string of the molecule is CCOc1nc(N)nc(SCc2cc(C)cc(C)c2)n1. The van der Waals surface area contributed by atoms with Crippen molar-refractivity contribution in [3.63, 3.8) is 0 Å². The van der Waals surface area contributed by atoms with Crippen LogP contribution in [0.1, 0.15) is 23.6 Å². The lowest BCUT2D eigenvalue weighted by Crippen LogP contribution is -2.04. The molecule has 1 heterocycles. The summed E-state index contributed by atoms with van der Waals surface area (Å²) < 4.78 is 5.26. The zero-order valence-corrected chi connectivity index (χ0v) is 12.7. The van der Waals surface area contributed by atoms with Gasteiger partial charge in [-0.2, -0.15) is 15.0 Å². The van der Waals surface area contributed by atoms with Crippen molar-refractivity contribution in [3.05, 3.63) is 34.9 Å². The fourth-order valence-corrected chi connectivity index (χ4v) is 2.67. The van der Waals surface area contributed by atoms with Crippen molar-refractivity contribution in [1.82, 2.24) is 15.0 Å². The molecule has 0 amide bonds. The van der Waals surface area contributed by atoms with Gasteiger partial charge in [-0.15, -0.1) is 0 Å². The van der Waals surface area contributed by atoms with Crippen LogP contribution in [0.2, 0.25) is 0 Å². The average molecular weight is 290 g/mol. The maximum Gasteiger partial charge on any atom is 0.322 e. The minimum absolute atomic E-state index is 0.186. The van der Waals surface area contributed by atoms with Crippen LogP contribution < -0.4 is 10.5 Å². The standard InChI is InChI=1S/C14H18N4OS/c1-4-19-13-16-12(15)17-14(18-13)20-8-11-6-9(2)5-10(3)7-11/h5-7H,4,8H2,1-3H3,(H2,15,16,17,18). The first-order valence-electron chi connectivity index (χ1n) is 6.41. The van der Waals surface area contributed by atoms with Gasteiger partial charge in [0.05, 0.1) is 6.61 Å². The third-order valence-electron chi connectivity index (χ3n) is 2.53. The van der Waals surface area contributed by atoms with Crippen LogP contribution in [0.3, 0.4) is 0 Å². The number of rotatable bonds is 5. The molecule has 0 saturated heterocycles. The minimum atomic E-state index is 0.186. The van der Waals surface area contributed by atoms with Gasteiger partial charge in [0.2, 0.25) is 5.95 Å². The van der Waals surface area contributed by atoms with Crippen LogP contribution in [0, 0.1) is 13.8 Å². The van der Waals surface area contributed by atoms with E-state index >= 15 is 0 Å². The first-order chi connectivity index (χ1) is 9.56. The quantitative estimate of drug-likeness (QED) is 0.854. The average Bonchev–Trinajstić information content (AvgIpc) is 2.35. The smallest absolute Gasteiger partial charge is 0.322 e. The molecule has 106 valence electrons. The van der Waals surface area contributed by atoms with E-state index in [0.29, 0.717) is 11.8 Å². The van der Waals surface area contributed by atoms with Crippen LogP contribution >= 0.6 is 11.8 Å². The first kappa shape index (κ1) is 14.6. The first-order valence-corrected chi connectivity index (χ1v) is 7.39. The van der Waals surface area contributed by atoms with E-state index in [9.17, 15) is 0 Å². The lowest BCUT2D eigenvalue weighted by Gasteiger charge is -2.06. The normalized spacial score (nSPS) is 10.6. The summed E-state index contributed by atoms with van der Waals surface area (Å²) in [5.74, 6) is 0.976. The molecular formula is C14H18N4OS. The van der Waals surface area contributed by atoms with Crippen LogP contribution in [-0.4, -0.2) is 21.6 Å². The molecule has 0 bridgehead atoms. The molecule has 0 aliphatic carbocycles. The van der Waals surface area contributed by atoms with Gasteiger partial charge >= 0.3 is 6.01 Å². The summed E-state index contributed by atoms with van der Waals surface area (Å²) in [6.07, 6.45) is 0. The molecule has 2 aromatic rings. The molecule has 5 nitrogen and oxygen atoms in total. The number of aromatic nitrogens is 3. The predicted molar refractivity (Wildman–Crippen MR) is 80.9 cm³/mol. The number of nitrogen functional groups attached to an aromatic ring is 1. The second kappa shape index (κ2) is 6.56. The molecular weight excluding hydrogens is 272 g/mol. The summed E-state index contributed by atoms with van der Waals surface area (Å²) in [4.78, 5) is 12.3. The van der Waals surface area contributed by atoms with Gasteiger partial charge in [-0.25, -0.2) is 0 Å². The van der Waals surface area contributed by atoms with Crippen molar-refractivity contribution in [3.8, 4) is 6.01 Å². The lowest BCUT2D eigenvalue weighted by molar-refractivity contribution is 0.308. The molecule has 0 spiro atoms. The highest BCUT2D eigenvalue weighted by Crippen LogP contribution is 2.22. The summed E-state index contributed by atoms with van der Waals surface area (Å²) in [5, 5.41) is 0.583. The van der Waals surface area contributed by atoms with Gasteiger partial charge in [-0.1, -0.05) is 41.1 Å². The highest BCUT2D eigenvalue weighted by Gasteiger charge is 2.06. The largest absolute Gasteiger partial charge is 0.464 e. The van der Waals surface area contributed by atoms with Gasteiger partial charge in [0.15, 0.2) is 5.16 Å². The van der Waals surface area contributed by atoms with Crippen LogP contribution in [-0.2, 0) is 5.75 Å². The van der Waals surface area contributed by atoms with Gasteiger partial charge in [-0.3, -0.25) is 0 Å². The molecule has 0 unspecified atom stereocenters. The fourth-order valence-electron chi connectivity index (χ4n) is 1.91. The molecule has 0 atom stereocenters. The van der Waals surface area contributed by atoms with Gasteiger partial charge < -0.3 is 10.5 Å². The molecule has 0 fully saturated rings. The molecule has 2 rings (SSSR count). The number of thioether (sulfide) groups is 1. The lowest BCUT2D eigenvalue weighted by atomic mass is 10.1. The maximum atomic E-state index is 5.65. The summed E-state index contributed by atoms with van der Waals surface area (Å²) >= 11 is 1.52. The Morgan fingerprint density at radius 1 is 1.10 bits per heavy atom. The summed E-state index contributed by atoms with van der Waals surface area (Å²) in [7, 11) is 0. The van der Waals surface area contributed by atoms with E-state index in [-0.39, 0.29) is 12.0 Å². The Bertz CT molecular complexity index is 583. The number of hydrogen-bond acceptors (Lipinski definition) is 6. The Kier molecular flexibility index (Phi) is 4.79. The minimum Gasteiger partial charge on any atom is -0.464 e. The highest BCUT2D eigenvalue weighted by molar-refractivity contribution is 7.98. The van der Waals surface area contributed by atoms with Crippen LogP contribution in [0.4, 0.5) is 5.95 Å². The summed E-state index contributed by atoms with van der Waals surface area (Å²) in [6, 6.07) is 6.76. The number of benzene rings is 1. The molecule has 0 aliphatic heterocycles. The van der Waals surface area contributed by atoms with Crippen molar-refractivity contribution in [2.45, 2.75) is 31.7 Å². The van der Waals surface area contributed by atoms with Crippen molar-refractivity contribution < 1.29 is 4.74 Å². The van der Waals surface area contributed by atoms with E-state index in [1.165, 1.54) is 28.5 Å². The van der Waals surface area contributed by atoms with Crippen molar-refractivity contribution in [2.24, 2.45) is 0 Å². The summed E-state index contributed by atoms with van der Waals surface area (Å²) in [6.45, 7) is 6.57. The van der Waals surface area contributed by atoms with Crippen LogP contribution in [0.15, 0.2) is 23.4 Å². The Labute approximate surface area is 123 Å². The molecule has 0 saturated carbocycles. The zero-order chi connectivity index (χ0) is 14.5. The summed E-state index contributed by atoms with van der Waals surface area (Å²) in [5.41, 5.74) is 9.40. The second-order valence-electron chi connectivity index (χ2n) is 4.48. The van der Waals surface area contributed by atoms with E-state index in [1.807, 2.05) is 6.92 Å². The van der Waals surface area contributed by atoms with E-state index < -0.39 is 0 Å². The highest BCUT2D eigenvalue weighted by atomic mass is 32.2. The third kappa shape index (κ3) is 4.09. The number of anilines is 1. The van der Waals surface area contributed by atoms with Gasteiger partial charge in [0, 0.05) is 5.75 Å². The Morgan fingerprint density at radius 2 is 1.80 bits per heavy atom. The Balaban J connectivity index is 2.10. The molecule has 1 aromatic heterocycles. The molecule has 6 heteroatoms. The number of nitrogens with zero attached hydrogens (tertiary/aromatic N) is 3. The van der Waals surface area contributed by atoms with Crippen molar-refractivity contribution in [1.29, 1.82) is 0 Å². The van der Waals surface area contributed by atoms with Crippen LogP contribution in [0.5, 0.6) is 6.01 Å². The van der Waals surface area contributed by atoms with Gasteiger partial charge in [-0.05, 0) is 26.3 Å². The van der Waals surface area contributed by atoms with Crippen molar-refractivity contribution in [2.75, 3.05) is 12.3 Å². The number of aryl methyl sites for hydroxylation is 2. The number of nitrogens with two attached hydrogens (primary N) is 1. The molecule has 0 aliphatic rings.